The van der Waals surface area contributed by atoms with Crippen molar-refractivity contribution in [3.05, 3.63) is 23.9 Å². The summed E-state index contributed by atoms with van der Waals surface area (Å²) >= 11 is 0. The zero-order chi connectivity index (χ0) is 18.9. The van der Waals surface area contributed by atoms with Gasteiger partial charge in [0.25, 0.3) is 0 Å². The predicted molar refractivity (Wildman–Crippen MR) is 97.3 cm³/mol. The summed E-state index contributed by atoms with van der Waals surface area (Å²) in [4.78, 5) is 32.1. The fraction of sp³-hybridized carbons (Fsp3) is 0.632. The lowest BCUT2D eigenvalue weighted by molar-refractivity contribution is 0.0204. The number of nitrogens with zero attached hydrogens (tertiary/aromatic N) is 3. The van der Waals surface area contributed by atoms with E-state index in [1.165, 1.54) is 0 Å². The molecule has 0 aromatic carbocycles. The first kappa shape index (κ1) is 18.5. The normalized spacial score (nSPS) is 21.7. The van der Waals surface area contributed by atoms with Gasteiger partial charge in [-0.1, -0.05) is 6.07 Å². The van der Waals surface area contributed by atoms with Crippen LogP contribution in [0.3, 0.4) is 0 Å². The molecule has 0 aliphatic carbocycles. The van der Waals surface area contributed by atoms with E-state index in [9.17, 15) is 9.59 Å². The van der Waals surface area contributed by atoms with E-state index < -0.39 is 5.60 Å². The average Bonchev–Trinajstić information content (AvgIpc) is 2.92. The van der Waals surface area contributed by atoms with Gasteiger partial charge in [0.1, 0.15) is 18.0 Å². The van der Waals surface area contributed by atoms with Crippen molar-refractivity contribution in [2.24, 2.45) is 0 Å². The number of amides is 2. The Morgan fingerprint density at radius 3 is 2.54 bits per heavy atom. The maximum absolute atomic E-state index is 12.2. The van der Waals surface area contributed by atoms with Crippen molar-refractivity contribution in [2.75, 3.05) is 24.6 Å². The third-order valence-electron chi connectivity index (χ3n) is 4.65. The maximum atomic E-state index is 12.2. The second-order valence-electron chi connectivity index (χ2n) is 7.96. The van der Waals surface area contributed by atoms with Crippen LogP contribution in [-0.4, -0.2) is 53.4 Å². The minimum absolute atomic E-state index is 0.0146. The van der Waals surface area contributed by atoms with Crippen molar-refractivity contribution >= 4 is 18.0 Å². The molecule has 0 unspecified atom stereocenters. The molecule has 0 spiro atoms. The molecule has 3 rings (SSSR count). The first-order valence-corrected chi connectivity index (χ1v) is 9.15. The quantitative estimate of drug-likeness (QED) is 0.806. The molecule has 2 aliphatic rings. The van der Waals surface area contributed by atoms with Crippen LogP contribution in [0.1, 0.15) is 52.1 Å². The summed E-state index contributed by atoms with van der Waals surface area (Å²) in [5, 5.41) is 0. The summed E-state index contributed by atoms with van der Waals surface area (Å²) in [6.07, 6.45) is 1.05. The van der Waals surface area contributed by atoms with Crippen molar-refractivity contribution in [1.82, 2.24) is 9.88 Å². The topological polar surface area (TPSA) is 72.0 Å². The number of carbonyl (C=O) groups is 2. The second kappa shape index (κ2) is 7.13. The van der Waals surface area contributed by atoms with Crippen molar-refractivity contribution in [3.63, 3.8) is 0 Å². The lowest BCUT2D eigenvalue weighted by atomic mass is 9.93. The zero-order valence-electron chi connectivity index (χ0n) is 15.9. The van der Waals surface area contributed by atoms with Gasteiger partial charge in [0, 0.05) is 24.7 Å². The van der Waals surface area contributed by atoms with Crippen molar-refractivity contribution in [2.45, 2.75) is 58.1 Å². The number of hydrogen-bond acceptors (Lipinski definition) is 5. The van der Waals surface area contributed by atoms with Crippen LogP contribution in [-0.2, 0) is 9.47 Å². The molecular formula is C19H27N3O4. The monoisotopic (exact) mass is 361 g/mol. The summed E-state index contributed by atoms with van der Waals surface area (Å²) in [5.41, 5.74) is 0.475. The minimum atomic E-state index is -0.481. The number of carbonyl (C=O) groups excluding carboxylic acids is 2. The Balaban J connectivity index is 1.64. The fourth-order valence-corrected chi connectivity index (χ4v) is 3.32. The number of anilines is 1. The zero-order valence-corrected chi connectivity index (χ0v) is 15.9. The van der Waals surface area contributed by atoms with Crippen molar-refractivity contribution in [3.8, 4) is 0 Å². The van der Waals surface area contributed by atoms with E-state index in [4.69, 9.17) is 14.5 Å². The third kappa shape index (κ3) is 4.08. The molecule has 2 saturated heterocycles. The Morgan fingerprint density at radius 1 is 1.27 bits per heavy atom. The molecule has 0 bridgehead atoms. The minimum Gasteiger partial charge on any atom is -0.447 e. The summed E-state index contributed by atoms with van der Waals surface area (Å²) in [5.74, 6) is 0.898. The molecule has 0 saturated carbocycles. The van der Waals surface area contributed by atoms with Gasteiger partial charge in [-0.05, 0) is 52.7 Å². The third-order valence-corrected chi connectivity index (χ3v) is 4.65. The van der Waals surface area contributed by atoms with Gasteiger partial charge >= 0.3 is 12.2 Å². The molecule has 2 amide bonds. The first-order chi connectivity index (χ1) is 12.2. The van der Waals surface area contributed by atoms with Gasteiger partial charge in [-0.2, -0.15) is 0 Å². The van der Waals surface area contributed by atoms with Gasteiger partial charge in [-0.25, -0.2) is 14.6 Å². The average molecular weight is 361 g/mol. The molecule has 26 heavy (non-hydrogen) atoms. The molecule has 1 aromatic rings. The van der Waals surface area contributed by atoms with Crippen LogP contribution >= 0.6 is 0 Å². The molecule has 3 heterocycles. The highest BCUT2D eigenvalue weighted by molar-refractivity contribution is 5.88. The van der Waals surface area contributed by atoms with Crippen LogP contribution in [0.4, 0.5) is 15.4 Å². The van der Waals surface area contributed by atoms with Crippen LogP contribution in [0, 0.1) is 0 Å². The molecule has 2 fully saturated rings. The number of aromatic nitrogens is 1. The van der Waals surface area contributed by atoms with Gasteiger partial charge in [0.2, 0.25) is 0 Å². The smallest absolute Gasteiger partial charge is 0.415 e. The Morgan fingerprint density at radius 2 is 1.96 bits per heavy atom. The van der Waals surface area contributed by atoms with E-state index in [2.05, 4.69) is 0 Å². The summed E-state index contributed by atoms with van der Waals surface area (Å²) in [6.45, 7) is 9.24. The number of piperidine rings is 1. The van der Waals surface area contributed by atoms with Crippen LogP contribution in [0.25, 0.3) is 0 Å². The van der Waals surface area contributed by atoms with Crippen molar-refractivity contribution < 1.29 is 19.1 Å². The van der Waals surface area contributed by atoms with Gasteiger partial charge in [-0.15, -0.1) is 0 Å². The summed E-state index contributed by atoms with van der Waals surface area (Å²) < 4.78 is 10.5. The Kier molecular flexibility index (Phi) is 5.07. The number of rotatable bonds is 2. The van der Waals surface area contributed by atoms with Crippen LogP contribution in [0.5, 0.6) is 0 Å². The molecule has 142 valence electrons. The standard InChI is InChI=1S/C19H27N3O4/c1-13-12-25-18(24)22(13)16-7-5-6-15(20-16)14-8-10-21(11-9-14)17(23)26-19(2,3)4/h5-7,13-14H,8-12H2,1-4H3/t13-/m0/s1. The molecule has 7 heteroatoms. The van der Waals surface area contributed by atoms with Gasteiger partial charge in [-0.3, -0.25) is 4.90 Å². The van der Waals surface area contributed by atoms with E-state index in [-0.39, 0.29) is 24.1 Å². The van der Waals surface area contributed by atoms with Crippen LogP contribution in [0.2, 0.25) is 0 Å². The first-order valence-electron chi connectivity index (χ1n) is 9.15. The lowest BCUT2D eigenvalue weighted by Gasteiger charge is -2.33. The molecule has 2 aliphatic heterocycles. The number of likely N-dealkylation sites (tertiary alicyclic amines) is 1. The lowest BCUT2D eigenvalue weighted by Crippen LogP contribution is -2.41. The van der Waals surface area contributed by atoms with Gasteiger partial charge in [0.05, 0.1) is 6.04 Å². The predicted octanol–water partition coefficient (Wildman–Crippen LogP) is 3.54. The fourth-order valence-electron chi connectivity index (χ4n) is 3.32. The number of pyridine rings is 1. The highest BCUT2D eigenvalue weighted by atomic mass is 16.6. The Hall–Kier alpha value is -2.31. The molecule has 7 nitrogen and oxygen atoms in total. The Labute approximate surface area is 154 Å². The largest absolute Gasteiger partial charge is 0.447 e. The second-order valence-corrected chi connectivity index (χ2v) is 7.96. The van der Waals surface area contributed by atoms with E-state index in [0.717, 1.165) is 18.5 Å². The van der Waals surface area contributed by atoms with Crippen molar-refractivity contribution in [1.29, 1.82) is 0 Å². The maximum Gasteiger partial charge on any atom is 0.415 e. The summed E-state index contributed by atoms with van der Waals surface area (Å²) in [7, 11) is 0. The Bertz CT molecular complexity index is 678. The number of cyclic esters (lactones) is 1. The van der Waals surface area contributed by atoms with E-state index >= 15 is 0 Å². The van der Waals surface area contributed by atoms with E-state index in [1.807, 2.05) is 45.9 Å². The van der Waals surface area contributed by atoms with E-state index in [1.54, 1.807) is 9.80 Å². The molecule has 1 aromatic heterocycles. The molecule has 0 radical (unpaired) electrons. The highest BCUT2D eigenvalue weighted by Gasteiger charge is 2.33. The highest BCUT2D eigenvalue weighted by Crippen LogP contribution is 2.30. The van der Waals surface area contributed by atoms with E-state index in [0.29, 0.717) is 25.5 Å². The molecular weight excluding hydrogens is 334 g/mol. The number of ether oxygens (including phenoxy) is 2. The SMILES string of the molecule is C[C@H]1COC(=O)N1c1cccc(C2CCN(C(=O)OC(C)(C)C)CC2)n1. The molecule has 1 atom stereocenters. The summed E-state index contributed by atoms with van der Waals surface area (Å²) in [6, 6.07) is 5.74. The van der Waals surface area contributed by atoms with Gasteiger partial charge < -0.3 is 14.4 Å². The van der Waals surface area contributed by atoms with Crippen LogP contribution in [0.15, 0.2) is 18.2 Å². The van der Waals surface area contributed by atoms with Gasteiger partial charge in [0.15, 0.2) is 0 Å². The molecule has 0 N–H and O–H groups in total. The number of hydrogen-bond donors (Lipinski definition) is 0. The van der Waals surface area contributed by atoms with Crippen LogP contribution < -0.4 is 4.90 Å².